The summed E-state index contributed by atoms with van der Waals surface area (Å²) < 4.78 is 0. The standard InChI is InChI=1S/C19H21N3O/c1-3-17-14-8-11(2)4-5-13(14)19(23)22(17)18-10-21-9-15-12(18)6-7-16(15)20/h4-5,8-10,16-17H,3,6-7,20H2,1-2H3. The number of fused-ring (bicyclic) bond motifs is 2. The summed E-state index contributed by atoms with van der Waals surface area (Å²) in [6, 6.07) is 6.24. The Hall–Kier alpha value is -2.20. The van der Waals surface area contributed by atoms with E-state index in [0.29, 0.717) is 0 Å². The summed E-state index contributed by atoms with van der Waals surface area (Å²) in [6.45, 7) is 4.20. The Balaban J connectivity index is 1.86. The molecule has 2 unspecified atom stereocenters. The van der Waals surface area contributed by atoms with Crippen molar-refractivity contribution >= 4 is 11.6 Å². The molecule has 2 atom stereocenters. The van der Waals surface area contributed by atoms with E-state index in [0.717, 1.165) is 41.6 Å². The van der Waals surface area contributed by atoms with Crippen molar-refractivity contribution in [1.82, 2.24) is 4.98 Å². The van der Waals surface area contributed by atoms with Gasteiger partial charge in [0.05, 0.1) is 17.9 Å². The van der Waals surface area contributed by atoms with Crippen LogP contribution in [0.3, 0.4) is 0 Å². The molecule has 0 spiro atoms. The van der Waals surface area contributed by atoms with Crippen molar-refractivity contribution < 1.29 is 4.79 Å². The van der Waals surface area contributed by atoms with Gasteiger partial charge in [0.2, 0.25) is 0 Å². The van der Waals surface area contributed by atoms with Crippen LogP contribution >= 0.6 is 0 Å². The minimum atomic E-state index is 0.0415. The number of carbonyl (C=O) groups is 1. The molecule has 2 N–H and O–H groups in total. The lowest BCUT2D eigenvalue weighted by atomic mass is 10.00. The number of nitrogens with zero attached hydrogens (tertiary/aromatic N) is 2. The van der Waals surface area contributed by atoms with Crippen molar-refractivity contribution in [2.45, 2.75) is 45.2 Å². The van der Waals surface area contributed by atoms with E-state index in [4.69, 9.17) is 5.73 Å². The van der Waals surface area contributed by atoms with Gasteiger partial charge in [-0.3, -0.25) is 14.7 Å². The van der Waals surface area contributed by atoms with E-state index in [1.54, 1.807) is 0 Å². The lowest BCUT2D eigenvalue weighted by Crippen LogP contribution is -2.28. The number of aryl methyl sites for hydroxylation is 1. The molecule has 4 rings (SSSR count). The Morgan fingerprint density at radius 3 is 2.91 bits per heavy atom. The van der Waals surface area contributed by atoms with Crippen LogP contribution in [0, 0.1) is 6.92 Å². The predicted molar refractivity (Wildman–Crippen MR) is 90.5 cm³/mol. The van der Waals surface area contributed by atoms with Crippen molar-refractivity contribution in [3.8, 4) is 0 Å². The molecule has 23 heavy (non-hydrogen) atoms. The molecule has 1 aliphatic heterocycles. The van der Waals surface area contributed by atoms with Gasteiger partial charge in [0, 0.05) is 17.8 Å². The number of nitrogens with two attached hydrogens (primary N) is 1. The summed E-state index contributed by atoms with van der Waals surface area (Å²) >= 11 is 0. The number of rotatable bonds is 2. The van der Waals surface area contributed by atoms with E-state index in [1.165, 1.54) is 11.1 Å². The summed E-state index contributed by atoms with van der Waals surface area (Å²) in [5.41, 5.74) is 12.6. The van der Waals surface area contributed by atoms with Gasteiger partial charge in [-0.25, -0.2) is 0 Å². The number of hydrogen-bond donors (Lipinski definition) is 1. The second-order valence-electron chi connectivity index (χ2n) is 6.56. The fraction of sp³-hybridized carbons (Fsp3) is 0.368. The van der Waals surface area contributed by atoms with Crippen LogP contribution in [0.25, 0.3) is 0 Å². The Morgan fingerprint density at radius 1 is 1.30 bits per heavy atom. The second kappa shape index (κ2) is 5.17. The molecule has 0 fully saturated rings. The molecule has 1 aromatic carbocycles. The summed E-state index contributed by atoms with van der Waals surface area (Å²) in [5, 5.41) is 0. The molecule has 2 aromatic rings. The minimum absolute atomic E-state index is 0.0415. The van der Waals surface area contributed by atoms with Gasteiger partial charge < -0.3 is 5.73 Å². The Morgan fingerprint density at radius 2 is 2.13 bits per heavy atom. The molecule has 118 valence electrons. The van der Waals surface area contributed by atoms with Gasteiger partial charge in [0.25, 0.3) is 5.91 Å². The zero-order valence-electron chi connectivity index (χ0n) is 13.5. The van der Waals surface area contributed by atoms with Crippen LogP contribution < -0.4 is 10.6 Å². The second-order valence-corrected chi connectivity index (χ2v) is 6.56. The number of hydrogen-bond acceptors (Lipinski definition) is 3. The summed E-state index contributed by atoms with van der Waals surface area (Å²) in [7, 11) is 0. The molecule has 4 heteroatoms. The van der Waals surface area contributed by atoms with Crippen molar-refractivity contribution in [3.63, 3.8) is 0 Å². The molecule has 0 saturated heterocycles. The molecule has 1 amide bonds. The number of pyridine rings is 1. The monoisotopic (exact) mass is 307 g/mol. The van der Waals surface area contributed by atoms with Gasteiger partial charge in [-0.15, -0.1) is 0 Å². The Labute approximate surface area is 136 Å². The van der Waals surface area contributed by atoms with E-state index in [2.05, 4.69) is 24.9 Å². The van der Waals surface area contributed by atoms with Crippen molar-refractivity contribution in [2.24, 2.45) is 5.73 Å². The van der Waals surface area contributed by atoms with Crippen molar-refractivity contribution in [2.75, 3.05) is 4.90 Å². The van der Waals surface area contributed by atoms with Gasteiger partial charge in [-0.1, -0.05) is 24.6 Å². The van der Waals surface area contributed by atoms with E-state index < -0.39 is 0 Å². The van der Waals surface area contributed by atoms with Gasteiger partial charge in [0.15, 0.2) is 0 Å². The molecular weight excluding hydrogens is 286 g/mol. The van der Waals surface area contributed by atoms with E-state index in [9.17, 15) is 4.79 Å². The fourth-order valence-corrected chi connectivity index (χ4v) is 3.99. The minimum Gasteiger partial charge on any atom is -0.324 e. The lowest BCUT2D eigenvalue weighted by molar-refractivity contribution is 0.0990. The van der Waals surface area contributed by atoms with Crippen LogP contribution in [0.2, 0.25) is 0 Å². The number of anilines is 1. The molecule has 4 nitrogen and oxygen atoms in total. The smallest absolute Gasteiger partial charge is 0.259 e. The highest BCUT2D eigenvalue weighted by Gasteiger charge is 2.39. The molecule has 1 aliphatic carbocycles. The maximum absolute atomic E-state index is 13.0. The van der Waals surface area contributed by atoms with Crippen LogP contribution in [-0.4, -0.2) is 10.9 Å². The highest BCUT2D eigenvalue weighted by Crippen LogP contribution is 2.44. The van der Waals surface area contributed by atoms with E-state index in [-0.39, 0.29) is 18.0 Å². The van der Waals surface area contributed by atoms with E-state index >= 15 is 0 Å². The normalized spacial score (nSPS) is 22.4. The lowest BCUT2D eigenvalue weighted by Gasteiger charge is -2.26. The van der Waals surface area contributed by atoms with Crippen LogP contribution in [0.15, 0.2) is 30.6 Å². The zero-order chi connectivity index (χ0) is 16.1. The third kappa shape index (κ3) is 2.01. The van der Waals surface area contributed by atoms with Crippen LogP contribution in [0.4, 0.5) is 5.69 Å². The topological polar surface area (TPSA) is 59.2 Å². The van der Waals surface area contributed by atoms with Gasteiger partial charge >= 0.3 is 0 Å². The average molecular weight is 307 g/mol. The first-order valence-corrected chi connectivity index (χ1v) is 8.28. The first-order valence-electron chi connectivity index (χ1n) is 8.28. The third-order valence-corrected chi connectivity index (χ3v) is 5.15. The molecule has 2 aliphatic rings. The third-order valence-electron chi connectivity index (χ3n) is 5.15. The largest absolute Gasteiger partial charge is 0.324 e. The highest BCUT2D eigenvalue weighted by atomic mass is 16.2. The van der Waals surface area contributed by atoms with Gasteiger partial charge in [0.1, 0.15) is 0 Å². The Bertz CT molecular complexity index is 799. The zero-order valence-corrected chi connectivity index (χ0v) is 13.5. The molecule has 2 heterocycles. The van der Waals surface area contributed by atoms with Crippen molar-refractivity contribution in [1.29, 1.82) is 0 Å². The van der Waals surface area contributed by atoms with Gasteiger partial charge in [-0.05, 0) is 48.9 Å². The number of amides is 1. The predicted octanol–water partition coefficient (Wildman–Crippen LogP) is 3.45. The average Bonchev–Trinajstić information content (AvgIpc) is 3.05. The molecule has 0 bridgehead atoms. The maximum atomic E-state index is 13.0. The highest BCUT2D eigenvalue weighted by molar-refractivity contribution is 6.11. The number of benzene rings is 1. The van der Waals surface area contributed by atoms with Gasteiger partial charge in [-0.2, -0.15) is 0 Å². The molecular formula is C19H21N3O. The summed E-state index contributed by atoms with van der Waals surface area (Å²) in [5.74, 6) is 0.0857. The van der Waals surface area contributed by atoms with Crippen LogP contribution in [0.1, 0.15) is 64.5 Å². The molecule has 1 aromatic heterocycles. The summed E-state index contributed by atoms with van der Waals surface area (Å²) in [6.07, 6.45) is 6.42. The quantitative estimate of drug-likeness (QED) is 0.924. The molecule has 0 saturated carbocycles. The van der Waals surface area contributed by atoms with E-state index in [1.807, 2.05) is 29.4 Å². The first-order chi connectivity index (χ1) is 11.1. The number of aromatic nitrogens is 1. The number of carbonyl (C=O) groups excluding carboxylic acids is 1. The fourth-order valence-electron chi connectivity index (χ4n) is 3.99. The SMILES string of the molecule is CCC1c2cc(C)ccc2C(=O)N1c1cncc2c1CCC2N. The first kappa shape index (κ1) is 14.4. The van der Waals surface area contributed by atoms with Crippen molar-refractivity contribution in [3.05, 3.63) is 58.4 Å². The Kier molecular flexibility index (Phi) is 3.23. The summed E-state index contributed by atoms with van der Waals surface area (Å²) in [4.78, 5) is 19.3. The molecule has 0 radical (unpaired) electrons. The van der Waals surface area contributed by atoms with Crippen LogP contribution in [-0.2, 0) is 6.42 Å². The van der Waals surface area contributed by atoms with Crippen LogP contribution in [0.5, 0.6) is 0 Å². The maximum Gasteiger partial charge on any atom is 0.259 e.